The summed E-state index contributed by atoms with van der Waals surface area (Å²) in [6, 6.07) is 6.81. The summed E-state index contributed by atoms with van der Waals surface area (Å²) in [4.78, 5) is 141. The predicted molar refractivity (Wildman–Crippen MR) is 342 cm³/mol. The maximum atomic E-state index is 14.9. The van der Waals surface area contributed by atoms with Gasteiger partial charge in [-0.3, -0.25) is 43.3 Å². The van der Waals surface area contributed by atoms with Crippen molar-refractivity contribution in [3.8, 4) is 5.75 Å². The van der Waals surface area contributed by atoms with Gasteiger partial charge in [-0.25, -0.2) is 9.59 Å². The number of carbonyl (C=O) groups is 10. The summed E-state index contributed by atoms with van der Waals surface area (Å²) in [5.74, 6) is -8.70. The molecule has 28 heteroatoms. The lowest BCUT2D eigenvalue weighted by molar-refractivity contribution is -0.279. The van der Waals surface area contributed by atoms with Crippen molar-refractivity contribution in [2.24, 2.45) is 35.3 Å². The Morgan fingerprint density at radius 2 is 1.38 bits per heavy atom. The molecule has 0 saturated carbocycles. The molecule has 2 aromatic rings. The highest BCUT2D eigenvalue weighted by atomic mass is 16.7. The van der Waals surface area contributed by atoms with Crippen LogP contribution in [0.1, 0.15) is 133 Å². The lowest BCUT2D eigenvalue weighted by atomic mass is 9.89. The molecular formula is C66H102N8O20. The van der Waals surface area contributed by atoms with Crippen molar-refractivity contribution >= 4 is 65.1 Å². The smallest absolute Gasteiger partial charge is 0.410 e. The van der Waals surface area contributed by atoms with Gasteiger partial charge in [0.05, 0.1) is 67.6 Å². The van der Waals surface area contributed by atoms with E-state index in [9.17, 15) is 58.2 Å². The lowest BCUT2D eigenvalue weighted by Crippen LogP contribution is -2.63. The molecule has 0 bridgehead atoms. The minimum Gasteiger partial charge on any atom is -0.467 e. The molecule has 8 N–H and O–H groups in total. The molecule has 0 radical (unpaired) electrons. The number of nitrogens with zero attached hydrogens (tertiary/aromatic N) is 3. The van der Waals surface area contributed by atoms with Crippen LogP contribution in [0.5, 0.6) is 5.75 Å². The number of aliphatic hydroxyl groups excluding tert-OH is 2. The van der Waals surface area contributed by atoms with E-state index in [2.05, 4.69) is 21.3 Å². The number of likely N-dealkylation sites (N-methyl/N-ethyl adjacent to an activating group) is 2. The number of likely N-dealkylation sites (tertiary alicyclic amines) is 1. The lowest BCUT2D eigenvalue weighted by Gasteiger charge is -2.42. The first kappa shape index (κ1) is 78.9. The van der Waals surface area contributed by atoms with Gasteiger partial charge in [0, 0.05) is 48.7 Å². The van der Waals surface area contributed by atoms with E-state index in [1.807, 2.05) is 19.9 Å². The van der Waals surface area contributed by atoms with Gasteiger partial charge in [0.1, 0.15) is 36.6 Å². The zero-order chi connectivity index (χ0) is 70.7. The molecule has 0 aromatic heterocycles. The van der Waals surface area contributed by atoms with Gasteiger partial charge in [0.15, 0.2) is 12.2 Å². The second kappa shape index (κ2) is 36.4. The Balaban J connectivity index is 1.57. The summed E-state index contributed by atoms with van der Waals surface area (Å²) in [6.45, 7) is 21.0. The van der Waals surface area contributed by atoms with Crippen LogP contribution in [0.25, 0.3) is 0 Å². The first-order valence-electron chi connectivity index (χ1n) is 31.9. The van der Waals surface area contributed by atoms with Crippen LogP contribution in [0.2, 0.25) is 0 Å². The molecule has 94 heavy (non-hydrogen) atoms. The highest BCUT2D eigenvalue weighted by Gasteiger charge is 2.54. The average Bonchev–Trinajstić information content (AvgIpc) is 0.858. The summed E-state index contributed by atoms with van der Waals surface area (Å²) in [5, 5.41) is 33.2. The second-order valence-electron chi connectivity index (χ2n) is 25.4. The minimum atomic E-state index is -1.94. The number of esters is 3. The van der Waals surface area contributed by atoms with Gasteiger partial charge < -0.3 is 84.9 Å². The van der Waals surface area contributed by atoms with Crippen molar-refractivity contribution in [2.45, 2.75) is 214 Å². The fraction of sp³-hybridized carbons (Fsp3) is 0.667. The van der Waals surface area contributed by atoms with Crippen molar-refractivity contribution in [1.29, 1.82) is 0 Å². The number of nitrogens with one attached hydrogen (secondary N) is 4. The molecule has 0 spiro atoms. The van der Waals surface area contributed by atoms with Crippen LogP contribution in [0.3, 0.4) is 0 Å². The topological polar surface area (TPSA) is 369 Å². The molecule has 0 aliphatic carbocycles. The fourth-order valence-corrected chi connectivity index (χ4v) is 11.7. The number of rotatable bonds is 32. The largest absolute Gasteiger partial charge is 0.467 e. The number of ether oxygens (including phenoxy) is 8. The van der Waals surface area contributed by atoms with E-state index in [0.29, 0.717) is 31.4 Å². The van der Waals surface area contributed by atoms with Gasteiger partial charge in [0.2, 0.25) is 47.8 Å². The van der Waals surface area contributed by atoms with Crippen molar-refractivity contribution in [2.75, 3.05) is 47.3 Å². The first-order chi connectivity index (χ1) is 44.1. The third-order valence-corrected chi connectivity index (χ3v) is 17.3. The number of amides is 7. The van der Waals surface area contributed by atoms with Crippen molar-refractivity contribution < 1.29 is 96.1 Å². The quantitative estimate of drug-likeness (QED) is 0.0407. The number of methoxy groups -OCH3 is 3. The summed E-state index contributed by atoms with van der Waals surface area (Å²) >= 11 is 0. The summed E-state index contributed by atoms with van der Waals surface area (Å²) in [7, 11) is 6.92. The zero-order valence-corrected chi connectivity index (χ0v) is 57.6. The molecule has 2 fully saturated rings. The molecule has 2 aliphatic rings. The van der Waals surface area contributed by atoms with Crippen LogP contribution in [0.15, 0.2) is 48.5 Å². The summed E-state index contributed by atoms with van der Waals surface area (Å²) in [5.41, 5.74) is 6.75. The van der Waals surface area contributed by atoms with Crippen LogP contribution in [0, 0.1) is 29.6 Å². The molecular weight excluding hydrogens is 1220 g/mol. The second-order valence-corrected chi connectivity index (χ2v) is 25.4. The van der Waals surface area contributed by atoms with Crippen molar-refractivity contribution in [3.63, 3.8) is 0 Å². The van der Waals surface area contributed by atoms with Gasteiger partial charge in [0.25, 0.3) is 0 Å². The van der Waals surface area contributed by atoms with Gasteiger partial charge in [-0.15, -0.1) is 0 Å². The number of hydrogen-bond acceptors (Lipinski definition) is 21. The van der Waals surface area contributed by atoms with Gasteiger partial charge >= 0.3 is 24.0 Å². The molecule has 28 nitrogen and oxygen atoms in total. The van der Waals surface area contributed by atoms with E-state index >= 15 is 0 Å². The molecule has 2 saturated heterocycles. The van der Waals surface area contributed by atoms with Gasteiger partial charge in [-0.1, -0.05) is 105 Å². The fourth-order valence-electron chi connectivity index (χ4n) is 11.7. The van der Waals surface area contributed by atoms with E-state index in [4.69, 9.17) is 43.6 Å². The number of benzene rings is 2. The Morgan fingerprint density at radius 1 is 0.755 bits per heavy atom. The molecule has 526 valence electrons. The monoisotopic (exact) mass is 1330 g/mol. The number of nitrogens with two attached hydrogens (primary N) is 1. The van der Waals surface area contributed by atoms with Crippen molar-refractivity contribution in [1.82, 2.24) is 30.7 Å². The molecule has 4 rings (SSSR count). The van der Waals surface area contributed by atoms with Crippen LogP contribution in [-0.4, -0.2) is 212 Å². The highest BCUT2D eigenvalue weighted by Crippen LogP contribution is 2.35. The van der Waals surface area contributed by atoms with Crippen LogP contribution in [-0.2, 0) is 82.9 Å². The van der Waals surface area contributed by atoms with Crippen LogP contribution in [0.4, 0.5) is 10.5 Å². The SMILES string of the molecule is CC[C@H](C)[C@@H]([C@@H](CC(=O)N1CCC[C@H]1[C@H](OC)[C@@H](C)C(=O)N[C@H](C)[C@@H](O)c1ccccc1)OC)N(C)C(=O)[C@@H](NC(=O)[C@H](C(C)C)N(C)C(=O)OCc1ccc(NC(=O)[C@H](C)NC(=O)[C@@H](N)C(C)C)c(O[C@@H]2O[C@H](C(=O)OC)[C@@H](O)[C@H](OC(C)=O)[C@H]2OC(C)=O)c1)C(C)C. The zero-order valence-electron chi connectivity index (χ0n) is 57.6. The van der Waals surface area contributed by atoms with E-state index in [1.165, 1.54) is 51.3 Å². The third-order valence-electron chi connectivity index (χ3n) is 17.3. The highest BCUT2D eigenvalue weighted by molar-refractivity contribution is 5.98. The summed E-state index contributed by atoms with van der Waals surface area (Å²) < 4.78 is 45.5. The Hall–Kier alpha value is -7.50. The molecule has 2 aromatic carbocycles. The van der Waals surface area contributed by atoms with Crippen LogP contribution >= 0.6 is 0 Å². The van der Waals surface area contributed by atoms with E-state index < -0.39 is 163 Å². The Kier molecular flexibility index (Phi) is 30.6. The molecule has 2 aliphatic heterocycles. The van der Waals surface area contributed by atoms with Gasteiger partial charge in [-0.2, -0.15) is 0 Å². The average molecular weight is 1330 g/mol. The van der Waals surface area contributed by atoms with E-state index in [0.717, 1.165) is 25.9 Å². The van der Waals surface area contributed by atoms with Crippen molar-refractivity contribution in [3.05, 3.63) is 59.7 Å². The van der Waals surface area contributed by atoms with E-state index in [-0.39, 0.29) is 47.1 Å². The predicted octanol–water partition coefficient (Wildman–Crippen LogP) is 3.51. The van der Waals surface area contributed by atoms with E-state index in [1.54, 1.807) is 91.6 Å². The normalized spacial score (nSPS) is 21.5. The molecule has 17 atom stereocenters. The molecule has 2 heterocycles. The number of anilines is 1. The standard InChI is InChI=1S/C66H102N8O20/c1-19-36(8)52(47(87-16)31-48(77)74-29-23-26-45(74)55(88-17)37(9)59(80)68-38(10)53(78)43-24-21-20-22-25-43)72(14)63(84)50(34(4)5)71-62(83)51(35(6)7)73(15)66(86)90-32-42-27-28-44(70-60(81)39(11)69-61(82)49(67)33(2)3)46(30-42)93-65-58(92-41(13)76)56(91-40(12)75)54(79)57(94-65)64(85)89-18/h20-22,24-25,27-28,30,33-39,45,47,49-58,65,78-79H,19,23,26,29,31-32,67H2,1-18H3,(H,68,80)(H,69,82)(H,70,81)(H,71,83)/t36-,37+,38+,39-,45-,47+,49-,50-,51-,52-,53+,54-,55+,56-,57-,58+,65+/m0/s1. The molecule has 0 unspecified atom stereocenters. The maximum Gasteiger partial charge on any atom is 0.410 e. The Labute approximate surface area is 551 Å². The Bertz CT molecular complexity index is 2900. The van der Waals surface area contributed by atoms with Gasteiger partial charge in [-0.05, 0) is 73.6 Å². The summed E-state index contributed by atoms with van der Waals surface area (Å²) in [6.07, 6.45) is -11.0. The third kappa shape index (κ3) is 20.8. The molecule has 7 amide bonds. The first-order valence-corrected chi connectivity index (χ1v) is 31.9. The number of aliphatic hydroxyl groups is 2. The Morgan fingerprint density at radius 3 is 1.94 bits per heavy atom. The number of carbonyl (C=O) groups excluding carboxylic acids is 10. The minimum absolute atomic E-state index is 0.103. The van der Waals surface area contributed by atoms with Crippen LogP contribution < -0.4 is 31.7 Å². The number of hydrogen-bond donors (Lipinski definition) is 7. The maximum absolute atomic E-state index is 14.9.